The number of piperazine rings is 2. The molecule has 6 heteroatoms. The van der Waals surface area contributed by atoms with Crippen LogP contribution in [0.1, 0.15) is 18.5 Å². The number of phenolic OH excluding ortho intramolecular Hbond substituents is 1. The number of amides is 1. The molecule has 4 rings (SSSR count). The van der Waals surface area contributed by atoms with Crippen LogP contribution in [0.5, 0.6) is 5.75 Å². The van der Waals surface area contributed by atoms with Crippen molar-refractivity contribution >= 4 is 11.6 Å². The second kappa shape index (κ2) is 9.49. The topological polar surface area (TPSA) is 50.3 Å². The molecule has 1 amide bonds. The predicted octanol–water partition coefficient (Wildman–Crippen LogP) is 2.42. The Labute approximate surface area is 179 Å². The van der Waals surface area contributed by atoms with Gasteiger partial charge in [-0.2, -0.15) is 0 Å². The zero-order chi connectivity index (χ0) is 20.9. The summed E-state index contributed by atoms with van der Waals surface area (Å²) in [6, 6.07) is 18.3. The van der Waals surface area contributed by atoms with Gasteiger partial charge in [0.2, 0.25) is 5.91 Å². The van der Waals surface area contributed by atoms with E-state index in [0.717, 1.165) is 58.0 Å². The maximum absolute atomic E-state index is 12.8. The van der Waals surface area contributed by atoms with Crippen LogP contribution < -0.4 is 4.90 Å². The number of rotatable bonds is 5. The Morgan fingerprint density at radius 2 is 1.50 bits per heavy atom. The Morgan fingerprint density at radius 3 is 2.13 bits per heavy atom. The highest BCUT2D eigenvalue weighted by Crippen LogP contribution is 2.22. The average molecular weight is 409 g/mol. The van der Waals surface area contributed by atoms with Crippen LogP contribution in [0, 0.1) is 0 Å². The number of hydrogen-bond acceptors (Lipinski definition) is 5. The number of benzene rings is 2. The summed E-state index contributed by atoms with van der Waals surface area (Å²) >= 11 is 0. The van der Waals surface area contributed by atoms with E-state index in [-0.39, 0.29) is 5.91 Å². The van der Waals surface area contributed by atoms with Crippen molar-refractivity contribution in [2.75, 3.05) is 63.8 Å². The Morgan fingerprint density at radius 1 is 0.867 bits per heavy atom. The molecule has 2 aromatic rings. The minimum atomic E-state index is 0.250. The SMILES string of the molecule is C[C@@H](c1ccccc1)N1CCN(C(=O)CN2CCN(c3ccc(O)cc3)CC2)CC1. The molecule has 30 heavy (non-hydrogen) atoms. The number of aromatic hydroxyl groups is 1. The van der Waals surface area contributed by atoms with Gasteiger partial charge in [0.25, 0.3) is 0 Å². The summed E-state index contributed by atoms with van der Waals surface area (Å²) in [6.07, 6.45) is 0. The Hall–Kier alpha value is -2.57. The third-order valence-corrected chi connectivity index (χ3v) is 6.44. The fraction of sp³-hybridized carbons (Fsp3) is 0.458. The van der Waals surface area contributed by atoms with E-state index in [1.54, 1.807) is 12.1 Å². The second-order valence-corrected chi connectivity index (χ2v) is 8.28. The molecule has 0 saturated carbocycles. The summed E-state index contributed by atoms with van der Waals surface area (Å²) in [4.78, 5) is 21.9. The summed E-state index contributed by atoms with van der Waals surface area (Å²) in [5.41, 5.74) is 2.46. The van der Waals surface area contributed by atoms with Crippen molar-refractivity contribution in [3.05, 3.63) is 60.2 Å². The summed E-state index contributed by atoms with van der Waals surface area (Å²) in [5.74, 6) is 0.543. The molecule has 1 atom stereocenters. The van der Waals surface area contributed by atoms with Crippen molar-refractivity contribution in [1.82, 2.24) is 14.7 Å². The minimum absolute atomic E-state index is 0.250. The smallest absolute Gasteiger partial charge is 0.236 e. The third kappa shape index (κ3) is 4.94. The molecule has 0 aromatic heterocycles. The van der Waals surface area contributed by atoms with Gasteiger partial charge in [-0.15, -0.1) is 0 Å². The van der Waals surface area contributed by atoms with Gasteiger partial charge in [0.1, 0.15) is 5.75 Å². The molecule has 0 aliphatic carbocycles. The Balaban J connectivity index is 1.21. The molecule has 2 aromatic carbocycles. The lowest BCUT2D eigenvalue weighted by Crippen LogP contribution is -2.54. The first-order valence-electron chi connectivity index (χ1n) is 10.9. The van der Waals surface area contributed by atoms with Gasteiger partial charge in [-0.25, -0.2) is 0 Å². The van der Waals surface area contributed by atoms with Crippen LogP contribution in [-0.2, 0) is 4.79 Å². The van der Waals surface area contributed by atoms with Crippen LogP contribution >= 0.6 is 0 Å². The van der Waals surface area contributed by atoms with Gasteiger partial charge in [0.05, 0.1) is 6.54 Å². The van der Waals surface area contributed by atoms with E-state index in [9.17, 15) is 9.90 Å². The van der Waals surface area contributed by atoms with E-state index in [0.29, 0.717) is 18.3 Å². The van der Waals surface area contributed by atoms with Crippen molar-refractivity contribution < 1.29 is 9.90 Å². The molecule has 2 aliphatic rings. The number of anilines is 1. The molecular formula is C24H32N4O2. The van der Waals surface area contributed by atoms with Crippen LogP contribution in [-0.4, -0.2) is 84.6 Å². The van der Waals surface area contributed by atoms with E-state index in [1.165, 1.54) is 5.56 Å². The zero-order valence-electron chi connectivity index (χ0n) is 17.8. The van der Waals surface area contributed by atoms with Crippen molar-refractivity contribution in [3.8, 4) is 5.75 Å². The molecule has 0 unspecified atom stereocenters. The maximum atomic E-state index is 12.8. The summed E-state index contributed by atoms with van der Waals surface area (Å²) < 4.78 is 0. The van der Waals surface area contributed by atoms with Crippen molar-refractivity contribution in [2.24, 2.45) is 0 Å². The van der Waals surface area contributed by atoms with Gasteiger partial charge < -0.3 is 14.9 Å². The van der Waals surface area contributed by atoms with Crippen LogP contribution in [0.3, 0.4) is 0 Å². The highest BCUT2D eigenvalue weighted by Gasteiger charge is 2.26. The molecular weight excluding hydrogens is 376 g/mol. The number of hydrogen-bond donors (Lipinski definition) is 1. The normalized spacial score (nSPS) is 19.6. The van der Waals surface area contributed by atoms with Gasteiger partial charge in [-0.3, -0.25) is 14.6 Å². The van der Waals surface area contributed by atoms with E-state index >= 15 is 0 Å². The molecule has 0 spiro atoms. The molecule has 0 bridgehead atoms. The number of phenols is 1. The number of carbonyl (C=O) groups excluding carboxylic acids is 1. The van der Waals surface area contributed by atoms with Gasteiger partial charge in [0.15, 0.2) is 0 Å². The van der Waals surface area contributed by atoms with E-state index in [1.807, 2.05) is 17.0 Å². The molecule has 6 nitrogen and oxygen atoms in total. The first-order valence-corrected chi connectivity index (χ1v) is 10.9. The average Bonchev–Trinajstić information content (AvgIpc) is 2.80. The first-order chi connectivity index (χ1) is 14.6. The van der Waals surface area contributed by atoms with Gasteiger partial charge in [-0.05, 0) is 36.8 Å². The highest BCUT2D eigenvalue weighted by molar-refractivity contribution is 5.78. The fourth-order valence-electron chi connectivity index (χ4n) is 4.42. The third-order valence-electron chi connectivity index (χ3n) is 6.44. The van der Waals surface area contributed by atoms with Crippen molar-refractivity contribution in [1.29, 1.82) is 0 Å². The standard InChI is InChI=1S/C24H32N4O2/c1-20(21-5-3-2-4-6-21)26-15-17-28(18-16-26)24(30)19-25-11-13-27(14-12-25)22-7-9-23(29)10-8-22/h2-10,20,29H,11-19H2,1H3/t20-/m0/s1. The Bertz CT molecular complexity index is 811. The fourth-order valence-corrected chi connectivity index (χ4v) is 4.42. The quantitative estimate of drug-likeness (QED) is 0.824. The zero-order valence-corrected chi connectivity index (χ0v) is 17.8. The first kappa shape index (κ1) is 20.7. The van der Waals surface area contributed by atoms with Crippen LogP contribution in [0.4, 0.5) is 5.69 Å². The van der Waals surface area contributed by atoms with Crippen LogP contribution in [0.15, 0.2) is 54.6 Å². The summed E-state index contributed by atoms with van der Waals surface area (Å²) in [5, 5.41) is 9.45. The van der Waals surface area contributed by atoms with E-state index in [4.69, 9.17) is 0 Å². The monoisotopic (exact) mass is 408 g/mol. The molecule has 2 saturated heterocycles. The lowest BCUT2D eigenvalue weighted by atomic mass is 10.1. The molecule has 2 aliphatic heterocycles. The van der Waals surface area contributed by atoms with Gasteiger partial charge >= 0.3 is 0 Å². The van der Waals surface area contributed by atoms with E-state index < -0.39 is 0 Å². The van der Waals surface area contributed by atoms with Gasteiger partial charge in [-0.1, -0.05) is 30.3 Å². The second-order valence-electron chi connectivity index (χ2n) is 8.28. The predicted molar refractivity (Wildman–Crippen MR) is 120 cm³/mol. The van der Waals surface area contributed by atoms with Crippen molar-refractivity contribution in [2.45, 2.75) is 13.0 Å². The molecule has 1 N–H and O–H groups in total. The number of nitrogens with zero attached hydrogens (tertiary/aromatic N) is 4. The lowest BCUT2D eigenvalue weighted by Gasteiger charge is -2.40. The van der Waals surface area contributed by atoms with Gasteiger partial charge in [0, 0.05) is 64.1 Å². The lowest BCUT2D eigenvalue weighted by molar-refractivity contribution is -0.134. The molecule has 2 heterocycles. The highest BCUT2D eigenvalue weighted by atomic mass is 16.3. The van der Waals surface area contributed by atoms with Crippen LogP contribution in [0.25, 0.3) is 0 Å². The van der Waals surface area contributed by atoms with Crippen LogP contribution in [0.2, 0.25) is 0 Å². The van der Waals surface area contributed by atoms with Crippen molar-refractivity contribution in [3.63, 3.8) is 0 Å². The van der Waals surface area contributed by atoms with E-state index in [2.05, 4.69) is 52.0 Å². The Kier molecular flexibility index (Phi) is 6.55. The molecule has 0 radical (unpaired) electrons. The largest absolute Gasteiger partial charge is 0.508 e. The molecule has 160 valence electrons. The molecule has 2 fully saturated rings. The minimum Gasteiger partial charge on any atom is -0.508 e. The maximum Gasteiger partial charge on any atom is 0.236 e. The number of carbonyl (C=O) groups is 1. The summed E-state index contributed by atoms with van der Waals surface area (Å²) in [6.45, 7) is 9.81. The summed E-state index contributed by atoms with van der Waals surface area (Å²) in [7, 11) is 0.